The standard InChI is InChI=1S/C11H14O4S/c1-8-3-5-10(16(2,14)15)9(7-8)4-6-11(12)13/h3,5,7H,4,6H2,1-2H3,(H,12,13). The maximum Gasteiger partial charge on any atom is 0.303 e. The van der Waals surface area contributed by atoms with Gasteiger partial charge >= 0.3 is 5.97 Å². The molecule has 16 heavy (non-hydrogen) atoms. The van der Waals surface area contributed by atoms with Crippen LogP contribution in [0.5, 0.6) is 0 Å². The minimum atomic E-state index is -3.29. The molecule has 1 aromatic carbocycles. The highest BCUT2D eigenvalue weighted by Crippen LogP contribution is 2.18. The molecule has 88 valence electrons. The smallest absolute Gasteiger partial charge is 0.303 e. The second-order valence-electron chi connectivity index (χ2n) is 3.78. The first-order valence-corrected chi connectivity index (χ1v) is 6.71. The summed E-state index contributed by atoms with van der Waals surface area (Å²) >= 11 is 0. The molecule has 1 N–H and O–H groups in total. The lowest BCUT2D eigenvalue weighted by Crippen LogP contribution is -2.05. The summed E-state index contributed by atoms with van der Waals surface area (Å²) in [5.41, 5.74) is 1.50. The monoisotopic (exact) mass is 242 g/mol. The Morgan fingerprint density at radius 3 is 2.50 bits per heavy atom. The second kappa shape index (κ2) is 4.65. The van der Waals surface area contributed by atoms with Crippen LogP contribution in [0, 0.1) is 6.92 Å². The van der Waals surface area contributed by atoms with E-state index in [0.29, 0.717) is 5.56 Å². The topological polar surface area (TPSA) is 71.4 Å². The molecule has 0 spiro atoms. The Balaban J connectivity index is 3.14. The van der Waals surface area contributed by atoms with Gasteiger partial charge < -0.3 is 5.11 Å². The highest BCUT2D eigenvalue weighted by molar-refractivity contribution is 7.90. The van der Waals surface area contributed by atoms with Gasteiger partial charge in [-0.25, -0.2) is 8.42 Å². The van der Waals surface area contributed by atoms with Crippen molar-refractivity contribution in [2.75, 3.05) is 6.26 Å². The van der Waals surface area contributed by atoms with E-state index in [0.717, 1.165) is 11.8 Å². The van der Waals surface area contributed by atoms with Crippen LogP contribution in [0.4, 0.5) is 0 Å². The molecule has 0 aliphatic carbocycles. The maximum absolute atomic E-state index is 11.5. The number of carbonyl (C=O) groups is 1. The van der Waals surface area contributed by atoms with E-state index in [1.54, 1.807) is 12.1 Å². The first-order chi connectivity index (χ1) is 7.30. The third-order valence-electron chi connectivity index (χ3n) is 2.22. The highest BCUT2D eigenvalue weighted by atomic mass is 32.2. The Kier molecular flexibility index (Phi) is 3.70. The Morgan fingerprint density at radius 2 is 2.00 bits per heavy atom. The highest BCUT2D eigenvalue weighted by Gasteiger charge is 2.13. The van der Waals surface area contributed by atoms with E-state index >= 15 is 0 Å². The van der Waals surface area contributed by atoms with Gasteiger partial charge in [0.1, 0.15) is 0 Å². The van der Waals surface area contributed by atoms with Crippen LogP contribution < -0.4 is 0 Å². The zero-order valence-electron chi connectivity index (χ0n) is 9.23. The van der Waals surface area contributed by atoms with Crippen LogP contribution in [0.25, 0.3) is 0 Å². The number of carboxylic acid groups (broad SMARTS) is 1. The predicted octanol–water partition coefficient (Wildman–Crippen LogP) is 1.42. The first kappa shape index (κ1) is 12.7. The Morgan fingerprint density at radius 1 is 1.38 bits per heavy atom. The van der Waals surface area contributed by atoms with Crippen LogP contribution in [-0.4, -0.2) is 25.7 Å². The SMILES string of the molecule is Cc1ccc(S(C)(=O)=O)c(CCC(=O)O)c1. The molecular weight excluding hydrogens is 228 g/mol. The summed E-state index contributed by atoms with van der Waals surface area (Å²) in [7, 11) is -3.29. The molecule has 1 aromatic rings. The quantitative estimate of drug-likeness (QED) is 0.866. The van der Waals surface area contributed by atoms with Gasteiger partial charge in [0.15, 0.2) is 9.84 Å². The van der Waals surface area contributed by atoms with Crippen LogP contribution in [-0.2, 0) is 21.1 Å². The summed E-state index contributed by atoms with van der Waals surface area (Å²) in [6.45, 7) is 1.84. The molecule has 0 saturated carbocycles. The van der Waals surface area contributed by atoms with Crippen LogP contribution in [0.15, 0.2) is 23.1 Å². The number of hydrogen-bond acceptors (Lipinski definition) is 3. The molecule has 4 nitrogen and oxygen atoms in total. The molecule has 0 radical (unpaired) electrons. The van der Waals surface area contributed by atoms with Crippen molar-refractivity contribution in [1.82, 2.24) is 0 Å². The van der Waals surface area contributed by atoms with Gasteiger partial charge in [-0.1, -0.05) is 17.7 Å². The molecule has 0 aromatic heterocycles. The van der Waals surface area contributed by atoms with Crippen molar-refractivity contribution in [3.8, 4) is 0 Å². The van der Waals surface area contributed by atoms with Gasteiger partial charge in [0.25, 0.3) is 0 Å². The number of aryl methyl sites for hydroxylation is 2. The Bertz CT molecular complexity index is 503. The zero-order valence-corrected chi connectivity index (χ0v) is 10.0. The van der Waals surface area contributed by atoms with Gasteiger partial charge in [0, 0.05) is 12.7 Å². The second-order valence-corrected chi connectivity index (χ2v) is 5.76. The van der Waals surface area contributed by atoms with Crippen molar-refractivity contribution in [3.05, 3.63) is 29.3 Å². The Hall–Kier alpha value is -1.36. The molecule has 0 bridgehead atoms. The number of aliphatic carboxylic acids is 1. The van der Waals surface area contributed by atoms with E-state index in [9.17, 15) is 13.2 Å². The van der Waals surface area contributed by atoms with Crippen molar-refractivity contribution in [1.29, 1.82) is 0 Å². The summed E-state index contributed by atoms with van der Waals surface area (Å²) in [4.78, 5) is 10.7. The molecule has 0 aliphatic heterocycles. The van der Waals surface area contributed by atoms with Crippen LogP contribution in [0.1, 0.15) is 17.5 Å². The maximum atomic E-state index is 11.5. The molecular formula is C11H14O4S. The molecule has 0 atom stereocenters. The van der Waals surface area contributed by atoms with Crippen LogP contribution in [0.2, 0.25) is 0 Å². The molecule has 0 saturated heterocycles. The minimum absolute atomic E-state index is 0.0635. The van der Waals surface area contributed by atoms with E-state index in [1.807, 2.05) is 6.92 Å². The summed E-state index contributed by atoms with van der Waals surface area (Å²) in [5.74, 6) is -0.930. The van der Waals surface area contributed by atoms with Crippen molar-refractivity contribution in [2.24, 2.45) is 0 Å². The summed E-state index contributed by atoms with van der Waals surface area (Å²) < 4.78 is 22.9. The Labute approximate surface area is 94.8 Å². The molecule has 0 aliphatic rings. The average molecular weight is 242 g/mol. The fourth-order valence-electron chi connectivity index (χ4n) is 1.51. The van der Waals surface area contributed by atoms with E-state index in [2.05, 4.69) is 0 Å². The van der Waals surface area contributed by atoms with Gasteiger partial charge in [-0.3, -0.25) is 4.79 Å². The first-order valence-electron chi connectivity index (χ1n) is 4.82. The molecule has 1 rings (SSSR count). The lowest BCUT2D eigenvalue weighted by Gasteiger charge is -2.07. The van der Waals surface area contributed by atoms with Crippen LogP contribution >= 0.6 is 0 Å². The van der Waals surface area contributed by atoms with E-state index in [-0.39, 0.29) is 17.7 Å². The lowest BCUT2D eigenvalue weighted by atomic mass is 10.1. The van der Waals surface area contributed by atoms with Gasteiger partial charge in [0.2, 0.25) is 0 Å². The third kappa shape index (κ3) is 3.34. The third-order valence-corrected chi connectivity index (χ3v) is 3.42. The summed E-state index contributed by atoms with van der Waals surface area (Å²) in [6.07, 6.45) is 1.30. The van der Waals surface area contributed by atoms with Gasteiger partial charge in [0.05, 0.1) is 4.90 Å². The number of benzene rings is 1. The lowest BCUT2D eigenvalue weighted by molar-refractivity contribution is -0.136. The van der Waals surface area contributed by atoms with E-state index in [1.165, 1.54) is 6.07 Å². The summed E-state index contributed by atoms with van der Waals surface area (Å²) in [5, 5.41) is 8.59. The van der Waals surface area contributed by atoms with E-state index in [4.69, 9.17) is 5.11 Å². The van der Waals surface area contributed by atoms with Crippen LogP contribution in [0.3, 0.4) is 0 Å². The number of sulfone groups is 1. The summed E-state index contributed by atoms with van der Waals surface area (Å²) in [6, 6.07) is 4.96. The largest absolute Gasteiger partial charge is 0.481 e. The molecule has 5 heteroatoms. The van der Waals surface area contributed by atoms with Crippen molar-refractivity contribution >= 4 is 15.8 Å². The van der Waals surface area contributed by atoms with Gasteiger partial charge in [-0.15, -0.1) is 0 Å². The fraction of sp³-hybridized carbons (Fsp3) is 0.364. The predicted molar refractivity (Wildman–Crippen MR) is 60.2 cm³/mol. The normalized spacial score (nSPS) is 11.4. The minimum Gasteiger partial charge on any atom is -0.481 e. The molecule has 0 heterocycles. The van der Waals surface area contributed by atoms with E-state index < -0.39 is 15.8 Å². The molecule has 0 amide bonds. The average Bonchev–Trinajstić information content (AvgIpc) is 2.12. The van der Waals surface area contributed by atoms with Crippen molar-refractivity contribution in [3.63, 3.8) is 0 Å². The van der Waals surface area contributed by atoms with Gasteiger partial charge in [-0.2, -0.15) is 0 Å². The zero-order chi connectivity index (χ0) is 12.3. The molecule has 0 fully saturated rings. The number of rotatable bonds is 4. The van der Waals surface area contributed by atoms with Crippen molar-refractivity contribution < 1.29 is 18.3 Å². The number of hydrogen-bond donors (Lipinski definition) is 1. The molecule has 0 unspecified atom stereocenters. The number of carboxylic acids is 1. The van der Waals surface area contributed by atoms with Crippen molar-refractivity contribution in [2.45, 2.75) is 24.7 Å². The van der Waals surface area contributed by atoms with Gasteiger partial charge in [-0.05, 0) is 25.0 Å². The fourth-order valence-corrected chi connectivity index (χ4v) is 2.46.